The third kappa shape index (κ3) is 8.12. The molecule has 2 N–H and O–H groups in total. The molecule has 0 amide bonds. The van der Waals surface area contributed by atoms with Gasteiger partial charge in [0.05, 0.1) is 11.2 Å². The molecule has 0 radical (unpaired) electrons. The molecule has 0 saturated carbocycles. The van der Waals surface area contributed by atoms with Gasteiger partial charge >= 0.3 is 0 Å². The first-order chi connectivity index (χ1) is 7.04. The smallest absolute Gasteiger partial charge is 0.0623 e. The molecular formula is C14H30O2. The summed E-state index contributed by atoms with van der Waals surface area (Å²) in [6, 6.07) is 0. The molecule has 0 aliphatic heterocycles. The fraction of sp³-hybridized carbons (Fsp3) is 1.00. The van der Waals surface area contributed by atoms with E-state index in [1.54, 1.807) is 0 Å². The van der Waals surface area contributed by atoms with Gasteiger partial charge in [-0.05, 0) is 51.4 Å². The Morgan fingerprint density at radius 1 is 0.750 bits per heavy atom. The Bertz CT molecular complexity index is 171. The minimum absolute atomic E-state index is 0.491. The zero-order valence-electron chi connectivity index (χ0n) is 11.9. The summed E-state index contributed by atoms with van der Waals surface area (Å²) in [5.74, 6) is 0.982. The lowest BCUT2D eigenvalue weighted by molar-refractivity contribution is -0.0214. The topological polar surface area (TPSA) is 40.5 Å². The number of hydrogen-bond donors (Lipinski definition) is 2. The molecule has 2 nitrogen and oxygen atoms in total. The van der Waals surface area contributed by atoms with E-state index in [1.165, 1.54) is 0 Å². The Labute approximate surface area is 101 Å². The van der Waals surface area contributed by atoms with E-state index in [4.69, 9.17) is 0 Å². The standard InChI is InChI=1S/C14H30O2/c1-11(2)9-13(5,15)7-8-14(6,16)10-12(3)4/h11-12,15-16H,7-10H2,1-6H3. The Morgan fingerprint density at radius 3 is 1.19 bits per heavy atom. The molecule has 0 aliphatic rings. The monoisotopic (exact) mass is 230 g/mol. The molecule has 0 aromatic heterocycles. The summed E-state index contributed by atoms with van der Waals surface area (Å²) in [5.41, 5.74) is -1.29. The van der Waals surface area contributed by atoms with Crippen LogP contribution in [0.4, 0.5) is 0 Å². The zero-order valence-corrected chi connectivity index (χ0v) is 11.9. The average Bonchev–Trinajstić information content (AvgIpc) is 1.96. The van der Waals surface area contributed by atoms with E-state index < -0.39 is 11.2 Å². The van der Waals surface area contributed by atoms with Crippen LogP contribution in [0.5, 0.6) is 0 Å². The number of hydrogen-bond acceptors (Lipinski definition) is 2. The maximum atomic E-state index is 10.2. The van der Waals surface area contributed by atoms with Crippen LogP contribution in [0.15, 0.2) is 0 Å². The quantitative estimate of drug-likeness (QED) is 0.704. The molecule has 0 heterocycles. The molecule has 0 saturated heterocycles. The van der Waals surface area contributed by atoms with Crippen molar-refractivity contribution in [1.29, 1.82) is 0 Å². The molecule has 0 fully saturated rings. The highest BCUT2D eigenvalue weighted by molar-refractivity contribution is 4.81. The van der Waals surface area contributed by atoms with Crippen molar-refractivity contribution >= 4 is 0 Å². The van der Waals surface area contributed by atoms with Crippen molar-refractivity contribution in [3.8, 4) is 0 Å². The molecule has 0 aliphatic carbocycles. The zero-order chi connectivity index (χ0) is 13.0. The second-order valence-electron chi connectivity index (χ2n) is 6.69. The van der Waals surface area contributed by atoms with E-state index in [0.29, 0.717) is 24.7 Å². The van der Waals surface area contributed by atoms with Crippen LogP contribution in [-0.2, 0) is 0 Å². The first-order valence-electron chi connectivity index (χ1n) is 6.49. The molecule has 2 unspecified atom stereocenters. The van der Waals surface area contributed by atoms with Gasteiger partial charge in [-0.1, -0.05) is 27.7 Å². The fourth-order valence-corrected chi connectivity index (χ4v) is 2.50. The molecule has 98 valence electrons. The first kappa shape index (κ1) is 15.9. The van der Waals surface area contributed by atoms with E-state index >= 15 is 0 Å². The molecular weight excluding hydrogens is 200 g/mol. The first-order valence-corrected chi connectivity index (χ1v) is 6.49. The van der Waals surface area contributed by atoms with Gasteiger partial charge in [-0.15, -0.1) is 0 Å². The van der Waals surface area contributed by atoms with Gasteiger partial charge < -0.3 is 10.2 Å². The van der Waals surface area contributed by atoms with Gasteiger partial charge in [0.15, 0.2) is 0 Å². The molecule has 16 heavy (non-hydrogen) atoms. The van der Waals surface area contributed by atoms with Gasteiger partial charge in [0.25, 0.3) is 0 Å². The average molecular weight is 230 g/mol. The van der Waals surface area contributed by atoms with Crippen LogP contribution in [0.25, 0.3) is 0 Å². The van der Waals surface area contributed by atoms with Crippen LogP contribution in [0.2, 0.25) is 0 Å². The lowest BCUT2D eigenvalue weighted by Crippen LogP contribution is -2.33. The predicted molar refractivity (Wildman–Crippen MR) is 69.4 cm³/mol. The summed E-state index contributed by atoms with van der Waals surface area (Å²) in [4.78, 5) is 0. The van der Waals surface area contributed by atoms with E-state index in [9.17, 15) is 10.2 Å². The highest BCUT2D eigenvalue weighted by Gasteiger charge is 2.28. The van der Waals surface area contributed by atoms with E-state index in [-0.39, 0.29) is 0 Å². The SMILES string of the molecule is CC(C)CC(C)(O)CCC(C)(O)CC(C)C. The minimum atomic E-state index is -0.644. The third-order valence-corrected chi connectivity index (χ3v) is 2.90. The fourth-order valence-electron chi connectivity index (χ4n) is 2.50. The van der Waals surface area contributed by atoms with Crippen LogP contribution in [-0.4, -0.2) is 21.4 Å². The highest BCUT2D eigenvalue weighted by atomic mass is 16.3. The molecule has 0 spiro atoms. The molecule has 0 aromatic rings. The second kappa shape index (κ2) is 6.02. The normalized spacial score (nSPS) is 19.9. The van der Waals surface area contributed by atoms with Crippen LogP contribution < -0.4 is 0 Å². The minimum Gasteiger partial charge on any atom is -0.390 e. The maximum Gasteiger partial charge on any atom is 0.0623 e. The van der Waals surface area contributed by atoms with Gasteiger partial charge in [0.2, 0.25) is 0 Å². The molecule has 0 rings (SSSR count). The van der Waals surface area contributed by atoms with Crippen molar-refractivity contribution in [1.82, 2.24) is 0 Å². The molecule has 2 atom stereocenters. The van der Waals surface area contributed by atoms with E-state index in [2.05, 4.69) is 27.7 Å². The summed E-state index contributed by atoms with van der Waals surface area (Å²) in [6.45, 7) is 12.2. The Hall–Kier alpha value is -0.0800. The van der Waals surface area contributed by atoms with Gasteiger partial charge in [0.1, 0.15) is 0 Å². The maximum absolute atomic E-state index is 10.2. The van der Waals surface area contributed by atoms with Crippen molar-refractivity contribution < 1.29 is 10.2 Å². The lowest BCUT2D eigenvalue weighted by atomic mass is 9.83. The van der Waals surface area contributed by atoms with Gasteiger partial charge in [-0.2, -0.15) is 0 Å². The van der Waals surface area contributed by atoms with Crippen LogP contribution in [0.3, 0.4) is 0 Å². The summed E-state index contributed by atoms with van der Waals surface area (Å²) in [5, 5.41) is 20.3. The van der Waals surface area contributed by atoms with Crippen molar-refractivity contribution in [2.45, 2.75) is 78.4 Å². The highest BCUT2D eigenvalue weighted by Crippen LogP contribution is 2.28. The second-order valence-corrected chi connectivity index (χ2v) is 6.69. The lowest BCUT2D eigenvalue weighted by Gasteiger charge is -2.31. The van der Waals surface area contributed by atoms with Crippen LogP contribution >= 0.6 is 0 Å². The number of rotatable bonds is 7. The summed E-state index contributed by atoms with van der Waals surface area (Å²) in [7, 11) is 0. The van der Waals surface area contributed by atoms with Crippen molar-refractivity contribution in [3.63, 3.8) is 0 Å². The number of aliphatic hydroxyl groups is 2. The molecule has 2 heteroatoms. The van der Waals surface area contributed by atoms with Crippen LogP contribution in [0.1, 0.15) is 67.2 Å². The predicted octanol–water partition coefficient (Wildman–Crippen LogP) is 3.36. The van der Waals surface area contributed by atoms with Gasteiger partial charge in [-0.25, -0.2) is 0 Å². The van der Waals surface area contributed by atoms with Crippen molar-refractivity contribution in [2.75, 3.05) is 0 Å². The summed E-state index contributed by atoms with van der Waals surface area (Å²) in [6.07, 6.45) is 2.94. The Balaban J connectivity index is 4.11. The van der Waals surface area contributed by atoms with Gasteiger partial charge in [0, 0.05) is 0 Å². The van der Waals surface area contributed by atoms with Crippen LogP contribution in [0, 0.1) is 11.8 Å². The van der Waals surface area contributed by atoms with Crippen molar-refractivity contribution in [2.24, 2.45) is 11.8 Å². The Morgan fingerprint density at radius 2 is 1.00 bits per heavy atom. The molecule has 0 bridgehead atoms. The van der Waals surface area contributed by atoms with E-state index in [0.717, 1.165) is 12.8 Å². The van der Waals surface area contributed by atoms with Gasteiger partial charge in [-0.3, -0.25) is 0 Å². The summed E-state index contributed by atoms with van der Waals surface area (Å²) >= 11 is 0. The third-order valence-electron chi connectivity index (χ3n) is 2.90. The van der Waals surface area contributed by atoms with Crippen molar-refractivity contribution in [3.05, 3.63) is 0 Å². The largest absolute Gasteiger partial charge is 0.390 e. The van der Waals surface area contributed by atoms with E-state index in [1.807, 2.05) is 13.8 Å². The Kier molecular flexibility index (Phi) is 5.99. The summed E-state index contributed by atoms with van der Waals surface area (Å²) < 4.78 is 0. The molecule has 0 aromatic carbocycles.